The van der Waals surface area contributed by atoms with Crippen molar-refractivity contribution < 1.29 is 19.2 Å². The lowest BCUT2D eigenvalue weighted by atomic mass is 9.87. The summed E-state index contributed by atoms with van der Waals surface area (Å²) in [5.74, 6) is -2.86. The Hall–Kier alpha value is -4.00. The molecule has 0 radical (unpaired) electrons. The lowest BCUT2D eigenvalue weighted by Crippen LogP contribution is -2.56. The van der Waals surface area contributed by atoms with Gasteiger partial charge in [0, 0.05) is 36.6 Å². The summed E-state index contributed by atoms with van der Waals surface area (Å²) in [6, 6.07) is 16.5. The van der Waals surface area contributed by atoms with Gasteiger partial charge < -0.3 is 4.57 Å². The van der Waals surface area contributed by atoms with Crippen LogP contribution in [-0.4, -0.2) is 52.1 Å². The van der Waals surface area contributed by atoms with Crippen LogP contribution < -0.4 is 0 Å². The molecule has 0 saturated carbocycles. The van der Waals surface area contributed by atoms with Crippen LogP contribution in [0.2, 0.25) is 0 Å². The number of benzene rings is 2. The fourth-order valence-electron chi connectivity index (χ4n) is 4.49. The lowest BCUT2D eigenvalue weighted by molar-refractivity contribution is -0.143. The first-order valence-electron chi connectivity index (χ1n) is 10.6. The zero-order valence-electron chi connectivity index (χ0n) is 19.2. The Morgan fingerprint density at radius 2 is 1.36 bits per heavy atom. The Morgan fingerprint density at radius 3 is 1.88 bits per heavy atom. The van der Waals surface area contributed by atoms with E-state index >= 15 is 0 Å². The molecular formula is C26H25N3O4. The van der Waals surface area contributed by atoms with Gasteiger partial charge in [0.05, 0.1) is 5.69 Å². The largest absolute Gasteiger partial charge is 0.332 e. The highest BCUT2D eigenvalue weighted by Crippen LogP contribution is 2.41. The van der Waals surface area contributed by atoms with Gasteiger partial charge in [-0.1, -0.05) is 48.0 Å². The van der Waals surface area contributed by atoms with E-state index in [4.69, 9.17) is 0 Å². The third kappa shape index (κ3) is 3.46. The van der Waals surface area contributed by atoms with Gasteiger partial charge in [0.2, 0.25) is 11.8 Å². The molecule has 0 aliphatic carbocycles. The minimum absolute atomic E-state index is 0.256. The number of nitrogens with zero attached hydrogens (tertiary/aromatic N) is 3. The third-order valence-corrected chi connectivity index (χ3v) is 6.15. The van der Waals surface area contributed by atoms with E-state index in [2.05, 4.69) is 0 Å². The highest BCUT2D eigenvalue weighted by atomic mass is 16.2. The summed E-state index contributed by atoms with van der Waals surface area (Å²) in [5, 5.41) is 0. The summed E-state index contributed by atoms with van der Waals surface area (Å²) < 4.78 is 1.91. The second kappa shape index (κ2) is 8.16. The number of rotatable bonds is 4. The predicted octanol–water partition coefficient (Wildman–Crippen LogP) is 4.10. The summed E-state index contributed by atoms with van der Waals surface area (Å²) >= 11 is 0. The topological polar surface area (TPSA) is 79.7 Å². The van der Waals surface area contributed by atoms with Crippen molar-refractivity contribution in [2.24, 2.45) is 0 Å². The summed E-state index contributed by atoms with van der Waals surface area (Å²) in [5.41, 5.74) is 4.50. The Morgan fingerprint density at radius 1 is 0.818 bits per heavy atom. The third-order valence-electron chi connectivity index (χ3n) is 6.15. The van der Waals surface area contributed by atoms with Crippen molar-refractivity contribution in [3.63, 3.8) is 0 Å². The van der Waals surface area contributed by atoms with Gasteiger partial charge in [0.25, 0.3) is 0 Å². The highest BCUT2D eigenvalue weighted by molar-refractivity contribution is 6.21. The number of urea groups is 1. The molecule has 1 fully saturated rings. The zero-order chi connectivity index (χ0) is 24.0. The molecule has 7 nitrogen and oxygen atoms in total. The van der Waals surface area contributed by atoms with Crippen LogP contribution in [0.1, 0.15) is 40.0 Å². The minimum Gasteiger partial charge on any atom is -0.313 e. The van der Waals surface area contributed by atoms with E-state index in [9.17, 15) is 19.2 Å². The van der Waals surface area contributed by atoms with Crippen molar-refractivity contribution >= 4 is 23.6 Å². The van der Waals surface area contributed by atoms with Crippen molar-refractivity contribution in [2.45, 2.75) is 26.7 Å². The molecule has 7 heteroatoms. The van der Waals surface area contributed by atoms with Crippen LogP contribution in [0.25, 0.3) is 16.9 Å². The SMILES string of the molecule is CC(=O)c1c(C2C(=O)N(C)C(=O)N(C)C2=O)c(-c2ccccc2)n(-c2ccc(C)cc2)c1C. The molecule has 3 aromatic rings. The van der Waals surface area contributed by atoms with E-state index in [1.54, 1.807) is 0 Å². The Labute approximate surface area is 192 Å². The van der Waals surface area contributed by atoms with Crippen LogP contribution in [0.4, 0.5) is 4.79 Å². The van der Waals surface area contributed by atoms with Gasteiger partial charge in [-0.2, -0.15) is 0 Å². The van der Waals surface area contributed by atoms with Crippen molar-refractivity contribution in [3.05, 3.63) is 77.0 Å². The maximum Gasteiger partial charge on any atom is 0.332 e. The van der Waals surface area contributed by atoms with Gasteiger partial charge >= 0.3 is 6.03 Å². The normalized spacial score (nSPS) is 14.9. The van der Waals surface area contributed by atoms with Gasteiger partial charge in [-0.05, 0) is 38.5 Å². The first-order valence-corrected chi connectivity index (χ1v) is 10.6. The summed E-state index contributed by atoms with van der Waals surface area (Å²) in [6.45, 7) is 5.22. The molecule has 4 amide bonds. The van der Waals surface area contributed by atoms with Gasteiger partial charge in [0.1, 0.15) is 5.92 Å². The van der Waals surface area contributed by atoms with Crippen LogP contribution in [0.15, 0.2) is 54.6 Å². The Balaban J connectivity index is 2.13. The van der Waals surface area contributed by atoms with E-state index < -0.39 is 23.8 Å². The summed E-state index contributed by atoms with van der Waals surface area (Å²) in [4.78, 5) is 53.7. The lowest BCUT2D eigenvalue weighted by Gasteiger charge is -2.33. The minimum atomic E-state index is -1.31. The predicted molar refractivity (Wildman–Crippen MR) is 124 cm³/mol. The van der Waals surface area contributed by atoms with Gasteiger partial charge in [0.15, 0.2) is 5.78 Å². The maximum absolute atomic E-state index is 13.3. The van der Waals surface area contributed by atoms with Gasteiger partial charge in [-0.25, -0.2) is 4.79 Å². The van der Waals surface area contributed by atoms with Crippen LogP contribution in [0.5, 0.6) is 0 Å². The average Bonchev–Trinajstić information content (AvgIpc) is 3.10. The molecule has 0 spiro atoms. The number of Topliss-reactive ketones (excluding diaryl/α,β-unsaturated/α-hetero) is 1. The molecule has 1 saturated heterocycles. The van der Waals surface area contributed by atoms with Crippen LogP contribution in [-0.2, 0) is 9.59 Å². The van der Waals surface area contributed by atoms with E-state index in [0.29, 0.717) is 22.5 Å². The number of amides is 4. The fraction of sp³-hybridized carbons (Fsp3) is 0.231. The van der Waals surface area contributed by atoms with Crippen LogP contribution in [0, 0.1) is 13.8 Å². The molecule has 1 aliphatic rings. The molecule has 33 heavy (non-hydrogen) atoms. The second-order valence-electron chi connectivity index (χ2n) is 8.33. The monoisotopic (exact) mass is 443 g/mol. The summed E-state index contributed by atoms with van der Waals surface area (Å²) in [6.07, 6.45) is 0. The molecule has 0 bridgehead atoms. The average molecular weight is 444 g/mol. The number of aromatic nitrogens is 1. The van der Waals surface area contributed by atoms with E-state index in [1.165, 1.54) is 21.0 Å². The quantitative estimate of drug-likeness (QED) is 0.449. The molecule has 1 aromatic heterocycles. The number of hydrogen-bond acceptors (Lipinski definition) is 4. The number of carbonyl (C=O) groups excluding carboxylic acids is 4. The van der Waals surface area contributed by atoms with Gasteiger partial charge in [-0.3, -0.25) is 24.2 Å². The van der Waals surface area contributed by atoms with Crippen LogP contribution >= 0.6 is 0 Å². The number of hydrogen-bond donors (Lipinski definition) is 0. The number of imide groups is 2. The fourth-order valence-corrected chi connectivity index (χ4v) is 4.49. The van der Waals surface area contributed by atoms with Crippen molar-refractivity contribution in [1.29, 1.82) is 0 Å². The van der Waals surface area contributed by atoms with Crippen LogP contribution in [0.3, 0.4) is 0 Å². The van der Waals surface area contributed by atoms with E-state index in [1.807, 2.05) is 73.0 Å². The maximum atomic E-state index is 13.3. The van der Waals surface area contributed by atoms with Gasteiger partial charge in [-0.15, -0.1) is 0 Å². The number of likely N-dealkylation sites (N-methyl/N-ethyl adjacent to an activating group) is 2. The van der Waals surface area contributed by atoms with Crippen molar-refractivity contribution in [2.75, 3.05) is 14.1 Å². The molecule has 168 valence electrons. The van der Waals surface area contributed by atoms with Crippen molar-refractivity contribution in [1.82, 2.24) is 14.4 Å². The van der Waals surface area contributed by atoms with E-state index in [0.717, 1.165) is 26.6 Å². The van der Waals surface area contributed by atoms with Crippen molar-refractivity contribution in [3.8, 4) is 16.9 Å². The standard InChI is InChI=1S/C26H25N3O4/c1-15-11-13-19(14-12-15)29-16(2)20(17(3)30)21(23(29)18-9-7-6-8-10-18)22-24(31)27(4)26(33)28(5)25(22)32/h6-14,22H,1-5H3. The molecule has 0 atom stereocenters. The number of barbiturate groups is 1. The molecule has 0 unspecified atom stereocenters. The molecular weight excluding hydrogens is 418 g/mol. The second-order valence-corrected chi connectivity index (χ2v) is 8.33. The number of aryl methyl sites for hydroxylation is 1. The van der Waals surface area contributed by atoms with E-state index in [-0.39, 0.29) is 5.78 Å². The molecule has 0 N–H and O–H groups in total. The Bertz CT molecular complexity index is 1270. The molecule has 2 heterocycles. The summed E-state index contributed by atoms with van der Waals surface area (Å²) in [7, 11) is 2.69. The molecule has 4 rings (SSSR count). The zero-order valence-corrected chi connectivity index (χ0v) is 19.2. The Kier molecular flexibility index (Phi) is 5.49. The molecule has 1 aliphatic heterocycles. The first-order chi connectivity index (χ1) is 15.6. The number of carbonyl (C=O) groups is 4. The number of ketones is 1. The smallest absolute Gasteiger partial charge is 0.313 e. The highest BCUT2D eigenvalue weighted by Gasteiger charge is 2.47. The first kappa shape index (κ1) is 22.2. The molecule has 2 aromatic carbocycles.